The molecule has 4 aromatic rings. The summed E-state index contributed by atoms with van der Waals surface area (Å²) in [6.45, 7) is 0.400. The number of nitrogens with zero attached hydrogens (tertiary/aromatic N) is 2. The SMILES string of the molecule is O=C(c1ccc(F)cc1Br)N(Cc1ccccc1)Cc1nc2ccccc2c(=O)[nH]1. The summed E-state index contributed by atoms with van der Waals surface area (Å²) in [6.07, 6.45) is 0. The van der Waals surface area contributed by atoms with Crippen LogP contribution in [0, 0.1) is 5.82 Å². The highest BCUT2D eigenvalue weighted by Crippen LogP contribution is 2.22. The van der Waals surface area contributed by atoms with E-state index in [1.165, 1.54) is 18.2 Å². The minimum Gasteiger partial charge on any atom is -0.327 e. The molecule has 5 nitrogen and oxygen atoms in total. The molecule has 4 rings (SSSR count). The molecule has 0 saturated carbocycles. The van der Waals surface area contributed by atoms with Gasteiger partial charge < -0.3 is 9.88 Å². The van der Waals surface area contributed by atoms with Gasteiger partial charge in [0.1, 0.15) is 11.6 Å². The predicted molar refractivity (Wildman–Crippen MR) is 116 cm³/mol. The van der Waals surface area contributed by atoms with Gasteiger partial charge in [-0.25, -0.2) is 9.37 Å². The molecule has 30 heavy (non-hydrogen) atoms. The average Bonchev–Trinajstić information content (AvgIpc) is 2.74. The van der Waals surface area contributed by atoms with Gasteiger partial charge in [-0.15, -0.1) is 0 Å². The van der Waals surface area contributed by atoms with Crippen LogP contribution >= 0.6 is 15.9 Å². The van der Waals surface area contributed by atoms with Gasteiger partial charge in [-0.1, -0.05) is 42.5 Å². The number of carbonyl (C=O) groups is 1. The van der Waals surface area contributed by atoms with Gasteiger partial charge >= 0.3 is 0 Å². The highest BCUT2D eigenvalue weighted by atomic mass is 79.9. The zero-order valence-electron chi connectivity index (χ0n) is 15.8. The molecule has 7 heteroatoms. The van der Waals surface area contributed by atoms with Crippen LogP contribution in [-0.2, 0) is 13.1 Å². The molecule has 0 bridgehead atoms. The fraction of sp³-hybridized carbons (Fsp3) is 0.0870. The third kappa shape index (κ3) is 4.31. The molecular formula is C23H17BrFN3O2. The molecule has 0 aliphatic rings. The first kappa shape index (κ1) is 20.0. The summed E-state index contributed by atoms with van der Waals surface area (Å²) in [5.74, 6) is -0.365. The summed E-state index contributed by atoms with van der Waals surface area (Å²) < 4.78 is 13.9. The highest BCUT2D eigenvalue weighted by Gasteiger charge is 2.20. The largest absolute Gasteiger partial charge is 0.327 e. The summed E-state index contributed by atoms with van der Waals surface area (Å²) in [5.41, 5.74) is 1.56. The first-order valence-corrected chi connectivity index (χ1v) is 10.1. The fourth-order valence-corrected chi connectivity index (χ4v) is 3.75. The van der Waals surface area contributed by atoms with E-state index in [1.54, 1.807) is 29.2 Å². The number of hydrogen-bond donors (Lipinski definition) is 1. The van der Waals surface area contributed by atoms with Gasteiger partial charge in [0.25, 0.3) is 11.5 Å². The summed E-state index contributed by atoms with van der Waals surface area (Å²) in [4.78, 5) is 34.6. The number of nitrogens with one attached hydrogen (secondary N) is 1. The van der Waals surface area contributed by atoms with E-state index in [2.05, 4.69) is 25.9 Å². The van der Waals surface area contributed by atoms with Gasteiger partial charge in [0, 0.05) is 11.0 Å². The Morgan fingerprint density at radius 1 is 1.00 bits per heavy atom. The van der Waals surface area contributed by atoms with Crippen LogP contribution in [0.1, 0.15) is 21.7 Å². The van der Waals surface area contributed by atoms with E-state index in [9.17, 15) is 14.0 Å². The van der Waals surface area contributed by atoms with Gasteiger partial charge in [0.2, 0.25) is 0 Å². The molecule has 1 N–H and O–H groups in total. The van der Waals surface area contributed by atoms with Gasteiger partial charge in [-0.2, -0.15) is 0 Å². The van der Waals surface area contributed by atoms with Crippen LogP contribution in [0.5, 0.6) is 0 Å². The molecule has 0 spiro atoms. The standard InChI is InChI=1S/C23H17BrFN3O2/c24-19-12-16(25)10-11-17(19)23(30)28(13-15-6-2-1-3-7-15)14-21-26-20-9-5-4-8-18(20)22(29)27-21/h1-12H,13-14H2,(H,26,27,29). The number of hydrogen-bond acceptors (Lipinski definition) is 3. The first-order valence-electron chi connectivity index (χ1n) is 9.27. The van der Waals surface area contributed by atoms with E-state index in [0.29, 0.717) is 33.3 Å². The molecular weight excluding hydrogens is 449 g/mol. The maximum atomic E-state index is 13.5. The Balaban J connectivity index is 1.72. The molecule has 0 fully saturated rings. The monoisotopic (exact) mass is 465 g/mol. The van der Waals surface area contributed by atoms with Gasteiger partial charge in [-0.05, 0) is 51.8 Å². The molecule has 0 aliphatic carbocycles. The van der Waals surface area contributed by atoms with Crippen LogP contribution in [0.25, 0.3) is 10.9 Å². The van der Waals surface area contributed by atoms with Crippen LogP contribution in [0.15, 0.2) is 82.1 Å². The van der Waals surface area contributed by atoms with Crippen molar-refractivity contribution in [3.63, 3.8) is 0 Å². The smallest absolute Gasteiger partial charge is 0.258 e. The fourth-order valence-electron chi connectivity index (χ4n) is 3.23. The van der Waals surface area contributed by atoms with E-state index in [1.807, 2.05) is 30.3 Å². The van der Waals surface area contributed by atoms with Crippen LogP contribution in [0.3, 0.4) is 0 Å². The van der Waals surface area contributed by atoms with Crippen molar-refractivity contribution in [1.29, 1.82) is 0 Å². The van der Waals surface area contributed by atoms with E-state index in [0.717, 1.165) is 5.56 Å². The van der Waals surface area contributed by atoms with Crippen molar-refractivity contribution in [3.8, 4) is 0 Å². The lowest BCUT2D eigenvalue weighted by Gasteiger charge is -2.23. The average molecular weight is 466 g/mol. The van der Waals surface area contributed by atoms with Crippen LogP contribution in [-0.4, -0.2) is 20.8 Å². The lowest BCUT2D eigenvalue weighted by Crippen LogP contribution is -2.32. The third-order valence-corrected chi connectivity index (χ3v) is 5.32. The molecule has 0 saturated heterocycles. The normalized spacial score (nSPS) is 10.9. The van der Waals surface area contributed by atoms with Crippen molar-refractivity contribution < 1.29 is 9.18 Å². The number of carbonyl (C=O) groups excluding carboxylic acids is 1. The number of amides is 1. The van der Waals surface area contributed by atoms with Crippen molar-refractivity contribution >= 4 is 32.7 Å². The number of para-hydroxylation sites is 1. The summed E-state index contributed by atoms with van der Waals surface area (Å²) >= 11 is 3.27. The van der Waals surface area contributed by atoms with Crippen molar-refractivity contribution in [2.24, 2.45) is 0 Å². The molecule has 1 heterocycles. The van der Waals surface area contributed by atoms with Crippen molar-refractivity contribution in [3.05, 3.63) is 110 Å². The second-order valence-electron chi connectivity index (χ2n) is 6.80. The lowest BCUT2D eigenvalue weighted by molar-refractivity contribution is 0.0724. The van der Waals surface area contributed by atoms with E-state index >= 15 is 0 Å². The number of aromatic amines is 1. The minimum atomic E-state index is -0.437. The Morgan fingerprint density at radius 2 is 1.73 bits per heavy atom. The lowest BCUT2D eigenvalue weighted by atomic mass is 10.1. The van der Waals surface area contributed by atoms with Crippen molar-refractivity contribution in [2.45, 2.75) is 13.1 Å². The van der Waals surface area contributed by atoms with Crippen LogP contribution in [0.4, 0.5) is 4.39 Å². The number of benzene rings is 3. The van der Waals surface area contributed by atoms with Crippen LogP contribution < -0.4 is 5.56 Å². The Hall–Kier alpha value is -3.32. The van der Waals surface area contributed by atoms with E-state index < -0.39 is 5.82 Å². The molecule has 150 valence electrons. The van der Waals surface area contributed by atoms with Gasteiger partial charge in [-0.3, -0.25) is 9.59 Å². The molecule has 0 unspecified atom stereocenters. The number of fused-ring (bicyclic) bond motifs is 1. The maximum Gasteiger partial charge on any atom is 0.258 e. The number of H-pyrrole nitrogens is 1. The number of rotatable bonds is 5. The first-order chi connectivity index (χ1) is 14.5. The van der Waals surface area contributed by atoms with Crippen LogP contribution in [0.2, 0.25) is 0 Å². The van der Waals surface area contributed by atoms with Gasteiger partial charge in [0.05, 0.1) is 23.0 Å². The molecule has 0 radical (unpaired) electrons. The van der Waals surface area contributed by atoms with Gasteiger partial charge in [0.15, 0.2) is 0 Å². The second-order valence-corrected chi connectivity index (χ2v) is 7.66. The Kier molecular flexibility index (Phi) is 5.72. The second kappa shape index (κ2) is 8.59. The maximum absolute atomic E-state index is 13.5. The Morgan fingerprint density at radius 3 is 2.50 bits per heavy atom. The Bertz CT molecular complexity index is 1270. The number of aromatic nitrogens is 2. The highest BCUT2D eigenvalue weighted by molar-refractivity contribution is 9.10. The summed E-state index contributed by atoms with van der Waals surface area (Å²) in [5, 5.41) is 0.489. The molecule has 0 aliphatic heterocycles. The zero-order valence-corrected chi connectivity index (χ0v) is 17.4. The van der Waals surface area contributed by atoms with Crippen molar-refractivity contribution in [1.82, 2.24) is 14.9 Å². The molecule has 1 aromatic heterocycles. The van der Waals surface area contributed by atoms with Crippen molar-refractivity contribution in [2.75, 3.05) is 0 Å². The quantitative estimate of drug-likeness (QED) is 0.465. The Labute approximate surface area is 180 Å². The molecule has 0 atom stereocenters. The topological polar surface area (TPSA) is 66.1 Å². The summed E-state index contributed by atoms with van der Waals surface area (Å²) in [7, 11) is 0. The number of halogens is 2. The molecule has 1 amide bonds. The zero-order chi connectivity index (χ0) is 21.1. The summed E-state index contributed by atoms with van der Waals surface area (Å²) in [6, 6.07) is 20.5. The minimum absolute atomic E-state index is 0.0949. The predicted octanol–water partition coefficient (Wildman–Crippen LogP) is 4.67. The van der Waals surface area contributed by atoms with E-state index in [-0.39, 0.29) is 18.0 Å². The van der Waals surface area contributed by atoms with E-state index in [4.69, 9.17) is 0 Å². The molecule has 3 aromatic carbocycles. The third-order valence-electron chi connectivity index (χ3n) is 4.67.